The molecule has 0 radical (unpaired) electrons. The molecule has 0 aliphatic carbocycles. The van der Waals surface area contributed by atoms with Crippen molar-refractivity contribution in [1.82, 2.24) is 10.4 Å². The summed E-state index contributed by atoms with van der Waals surface area (Å²) in [6.07, 6.45) is 6.18. The summed E-state index contributed by atoms with van der Waals surface area (Å²) in [7, 11) is 0. The topological polar surface area (TPSA) is 72.9 Å². The van der Waals surface area contributed by atoms with E-state index < -0.39 is 5.91 Å². The molecule has 3 aromatic carbocycles. The summed E-state index contributed by atoms with van der Waals surface area (Å²) < 4.78 is 0. The fourth-order valence-corrected chi connectivity index (χ4v) is 4.04. The van der Waals surface area contributed by atoms with Crippen LogP contribution < -0.4 is 10.4 Å². The molecule has 1 saturated heterocycles. The Kier molecular flexibility index (Phi) is 8.22. The Labute approximate surface area is 205 Å². The highest BCUT2D eigenvalue weighted by atomic mass is 16.5. The number of hydroxylamine groups is 1. The summed E-state index contributed by atoms with van der Waals surface area (Å²) in [5, 5.41) is 8.51. The highest BCUT2D eigenvalue weighted by molar-refractivity contribution is 6.07. The number of hydrogen-bond donors (Lipinski definition) is 2. The van der Waals surface area contributed by atoms with E-state index in [-0.39, 0.29) is 5.78 Å². The largest absolute Gasteiger partial charge is 0.369 e. The molecule has 0 atom stereocenters. The second-order valence-corrected chi connectivity index (χ2v) is 8.47. The summed E-state index contributed by atoms with van der Waals surface area (Å²) in [6.45, 7) is 4.95. The maximum atomic E-state index is 12.6. The van der Waals surface area contributed by atoms with E-state index in [2.05, 4.69) is 34.1 Å². The van der Waals surface area contributed by atoms with Gasteiger partial charge in [0.2, 0.25) is 0 Å². The predicted molar refractivity (Wildman–Crippen MR) is 139 cm³/mol. The lowest BCUT2D eigenvalue weighted by Crippen LogP contribution is -2.45. The maximum Gasteiger partial charge on any atom is 0.267 e. The van der Waals surface area contributed by atoms with E-state index in [0.29, 0.717) is 5.56 Å². The number of carbonyl (C=O) groups is 2. The zero-order valence-corrected chi connectivity index (χ0v) is 19.5. The van der Waals surface area contributed by atoms with E-state index in [0.717, 1.165) is 49.5 Å². The zero-order valence-electron chi connectivity index (χ0n) is 19.5. The molecule has 4 rings (SSSR count). The SMILES string of the molecule is O=C(/C=C/c1ccc(/C=C/C(=O)c2ccc(N3CCN(Cc4ccccc4)CC3)cc2)cc1)NO. The number of hydrogen-bond acceptors (Lipinski definition) is 5. The van der Waals surface area contributed by atoms with Gasteiger partial charge < -0.3 is 4.90 Å². The molecule has 0 aromatic heterocycles. The molecule has 2 N–H and O–H groups in total. The van der Waals surface area contributed by atoms with Crippen LogP contribution in [0.15, 0.2) is 91.0 Å². The van der Waals surface area contributed by atoms with E-state index in [9.17, 15) is 9.59 Å². The molecule has 178 valence electrons. The molecule has 0 saturated carbocycles. The Hall–Kier alpha value is -4.00. The summed E-state index contributed by atoms with van der Waals surface area (Å²) in [6, 6.07) is 25.8. The number of nitrogens with zero attached hydrogens (tertiary/aromatic N) is 2. The minimum absolute atomic E-state index is 0.0483. The highest BCUT2D eigenvalue weighted by Gasteiger charge is 2.17. The lowest BCUT2D eigenvalue weighted by atomic mass is 10.1. The smallest absolute Gasteiger partial charge is 0.267 e. The molecule has 1 heterocycles. The van der Waals surface area contributed by atoms with Crippen molar-refractivity contribution in [2.45, 2.75) is 6.54 Å². The van der Waals surface area contributed by atoms with Crippen molar-refractivity contribution in [3.63, 3.8) is 0 Å². The molecular formula is C29H29N3O3. The molecule has 6 heteroatoms. The van der Waals surface area contributed by atoms with Gasteiger partial charge >= 0.3 is 0 Å². The molecule has 6 nitrogen and oxygen atoms in total. The first-order valence-corrected chi connectivity index (χ1v) is 11.7. The number of carbonyl (C=O) groups excluding carboxylic acids is 2. The van der Waals surface area contributed by atoms with Gasteiger partial charge in [0.15, 0.2) is 5.78 Å². The zero-order chi connectivity index (χ0) is 24.5. The van der Waals surface area contributed by atoms with Crippen LogP contribution in [-0.2, 0) is 11.3 Å². The van der Waals surface area contributed by atoms with Gasteiger partial charge in [-0.15, -0.1) is 0 Å². The van der Waals surface area contributed by atoms with E-state index in [1.807, 2.05) is 54.6 Å². The minimum atomic E-state index is -0.587. The van der Waals surface area contributed by atoms with Crippen LogP contribution in [0.25, 0.3) is 12.2 Å². The quantitative estimate of drug-likeness (QED) is 0.222. The third-order valence-electron chi connectivity index (χ3n) is 6.04. The molecule has 1 fully saturated rings. The predicted octanol–water partition coefficient (Wildman–Crippen LogP) is 4.42. The average molecular weight is 468 g/mol. The van der Waals surface area contributed by atoms with Crippen LogP contribution in [0, 0.1) is 0 Å². The maximum absolute atomic E-state index is 12.6. The third-order valence-corrected chi connectivity index (χ3v) is 6.04. The molecule has 3 aromatic rings. The van der Waals surface area contributed by atoms with Gasteiger partial charge in [-0.25, -0.2) is 5.48 Å². The third kappa shape index (κ3) is 6.99. The van der Waals surface area contributed by atoms with Crippen molar-refractivity contribution >= 4 is 29.5 Å². The van der Waals surface area contributed by atoms with Gasteiger partial charge in [-0.05, 0) is 53.1 Å². The normalized spacial score (nSPS) is 14.5. The molecular weight excluding hydrogens is 438 g/mol. The first-order chi connectivity index (χ1) is 17.1. The van der Waals surface area contributed by atoms with Gasteiger partial charge in [0.25, 0.3) is 5.91 Å². The van der Waals surface area contributed by atoms with Crippen molar-refractivity contribution in [3.05, 3.63) is 113 Å². The second-order valence-electron chi connectivity index (χ2n) is 8.47. The minimum Gasteiger partial charge on any atom is -0.369 e. The van der Waals surface area contributed by atoms with Crippen LogP contribution in [-0.4, -0.2) is 48.0 Å². The van der Waals surface area contributed by atoms with Crippen LogP contribution >= 0.6 is 0 Å². The monoisotopic (exact) mass is 467 g/mol. The van der Waals surface area contributed by atoms with Crippen molar-refractivity contribution < 1.29 is 14.8 Å². The van der Waals surface area contributed by atoms with Crippen LogP contribution in [0.2, 0.25) is 0 Å². The Morgan fingerprint density at radius 3 is 1.97 bits per heavy atom. The second kappa shape index (κ2) is 11.9. The standard InChI is InChI=1S/C29H29N3O3/c33-28(16-10-23-6-8-24(9-7-23)11-17-29(34)30-35)26-12-14-27(15-13-26)32-20-18-31(19-21-32)22-25-4-2-1-3-5-25/h1-17,35H,18-22H2,(H,30,34)/b16-10+,17-11+. The Morgan fingerprint density at radius 1 is 0.771 bits per heavy atom. The van der Waals surface area contributed by atoms with E-state index in [1.54, 1.807) is 23.7 Å². The van der Waals surface area contributed by atoms with Gasteiger partial charge in [-0.1, -0.05) is 60.7 Å². The van der Waals surface area contributed by atoms with Gasteiger partial charge in [0.1, 0.15) is 0 Å². The van der Waals surface area contributed by atoms with Crippen molar-refractivity contribution in [1.29, 1.82) is 0 Å². The van der Waals surface area contributed by atoms with Crippen LogP contribution in [0.5, 0.6) is 0 Å². The summed E-state index contributed by atoms with van der Waals surface area (Å²) in [5.74, 6) is -0.635. The Morgan fingerprint density at radius 2 is 1.37 bits per heavy atom. The van der Waals surface area contributed by atoms with Gasteiger partial charge in [-0.3, -0.25) is 19.7 Å². The Balaban J connectivity index is 1.28. The van der Waals surface area contributed by atoms with Gasteiger partial charge in [0, 0.05) is 50.1 Å². The lowest BCUT2D eigenvalue weighted by Gasteiger charge is -2.36. The number of nitrogens with one attached hydrogen (secondary N) is 1. The van der Waals surface area contributed by atoms with Gasteiger partial charge in [0.05, 0.1) is 0 Å². The molecule has 1 aliphatic rings. The number of allylic oxidation sites excluding steroid dienone is 1. The number of rotatable bonds is 8. The number of anilines is 1. The van der Waals surface area contributed by atoms with Crippen LogP contribution in [0.3, 0.4) is 0 Å². The average Bonchev–Trinajstić information content (AvgIpc) is 2.92. The summed E-state index contributed by atoms with van der Waals surface area (Å²) in [5.41, 5.74) is 6.38. The van der Waals surface area contributed by atoms with Crippen molar-refractivity contribution in [3.8, 4) is 0 Å². The fraction of sp³-hybridized carbons (Fsp3) is 0.172. The van der Waals surface area contributed by atoms with Crippen molar-refractivity contribution in [2.24, 2.45) is 0 Å². The first-order valence-electron chi connectivity index (χ1n) is 11.7. The van der Waals surface area contributed by atoms with Crippen LogP contribution in [0.1, 0.15) is 27.0 Å². The highest BCUT2D eigenvalue weighted by Crippen LogP contribution is 2.19. The molecule has 1 aliphatic heterocycles. The lowest BCUT2D eigenvalue weighted by molar-refractivity contribution is -0.124. The van der Waals surface area contributed by atoms with E-state index in [4.69, 9.17) is 5.21 Å². The van der Waals surface area contributed by atoms with Crippen LogP contribution in [0.4, 0.5) is 5.69 Å². The molecule has 1 amide bonds. The first kappa shape index (κ1) is 24.1. The van der Waals surface area contributed by atoms with E-state index in [1.165, 1.54) is 11.6 Å². The summed E-state index contributed by atoms with van der Waals surface area (Å²) in [4.78, 5) is 28.5. The molecule has 0 bridgehead atoms. The number of ketones is 1. The molecule has 35 heavy (non-hydrogen) atoms. The molecule has 0 unspecified atom stereocenters. The van der Waals surface area contributed by atoms with E-state index >= 15 is 0 Å². The number of piperazine rings is 1. The van der Waals surface area contributed by atoms with Gasteiger partial charge in [-0.2, -0.15) is 0 Å². The molecule has 0 spiro atoms. The number of amides is 1. The van der Waals surface area contributed by atoms with Crippen molar-refractivity contribution in [2.75, 3.05) is 31.1 Å². The summed E-state index contributed by atoms with van der Waals surface area (Å²) >= 11 is 0. The Bertz CT molecular complexity index is 1180. The number of benzene rings is 3. The fourth-order valence-electron chi connectivity index (χ4n) is 4.04.